The van der Waals surface area contributed by atoms with Crippen molar-refractivity contribution in [2.75, 3.05) is 31.1 Å². The minimum absolute atomic E-state index is 0.196. The van der Waals surface area contributed by atoms with E-state index >= 15 is 0 Å². The lowest BCUT2D eigenvalue weighted by Gasteiger charge is -2.33. The van der Waals surface area contributed by atoms with Crippen molar-refractivity contribution in [3.8, 4) is 0 Å². The molecule has 3 heterocycles. The molecule has 1 aromatic carbocycles. The monoisotopic (exact) mass is 373 g/mol. The summed E-state index contributed by atoms with van der Waals surface area (Å²) in [6.07, 6.45) is 0. The topological polar surface area (TPSA) is 42.8 Å². The minimum atomic E-state index is -0.196. The molecule has 1 saturated heterocycles. The van der Waals surface area contributed by atoms with E-state index < -0.39 is 0 Å². The van der Waals surface area contributed by atoms with Gasteiger partial charge in [0.2, 0.25) is 4.77 Å². The van der Waals surface area contributed by atoms with Gasteiger partial charge in [-0.1, -0.05) is 0 Å². The lowest BCUT2D eigenvalue weighted by Crippen LogP contribution is -3.14. The quantitative estimate of drug-likeness (QED) is 0.705. The zero-order valence-electron chi connectivity index (χ0n) is 14.9. The summed E-state index contributed by atoms with van der Waals surface area (Å²) >= 11 is 5.60. The molecule has 0 spiro atoms. The first-order valence-corrected chi connectivity index (χ1v) is 9.20. The molecule has 1 aliphatic heterocycles. The predicted molar refractivity (Wildman–Crippen MR) is 101 cm³/mol. The summed E-state index contributed by atoms with van der Waals surface area (Å²) in [7, 11) is 0. The highest BCUT2D eigenvalue weighted by Gasteiger charge is 2.21. The van der Waals surface area contributed by atoms with Crippen molar-refractivity contribution in [3.63, 3.8) is 0 Å². The number of aromatic nitrogens is 4. The van der Waals surface area contributed by atoms with Crippen LogP contribution >= 0.6 is 12.2 Å². The third-order valence-electron chi connectivity index (χ3n) is 4.90. The van der Waals surface area contributed by atoms with E-state index in [2.05, 4.69) is 15.0 Å². The zero-order valence-corrected chi connectivity index (χ0v) is 15.8. The number of nitrogens with one attached hydrogen (secondary N) is 1. The van der Waals surface area contributed by atoms with Gasteiger partial charge in [-0.05, 0) is 56.4 Å². The normalized spacial score (nSPS) is 15.7. The number of rotatable bonds is 3. The molecule has 1 N–H and O–H groups in total. The van der Waals surface area contributed by atoms with Crippen molar-refractivity contribution in [2.24, 2.45) is 0 Å². The highest BCUT2D eigenvalue weighted by atomic mass is 32.1. The second kappa shape index (κ2) is 6.77. The number of benzene rings is 1. The highest BCUT2D eigenvalue weighted by Crippen LogP contribution is 2.14. The van der Waals surface area contributed by atoms with Gasteiger partial charge in [-0.15, -0.1) is 5.10 Å². The maximum atomic E-state index is 13.1. The fourth-order valence-electron chi connectivity index (χ4n) is 3.54. The summed E-state index contributed by atoms with van der Waals surface area (Å²) < 4.78 is 17.6. The van der Waals surface area contributed by atoms with Crippen molar-refractivity contribution < 1.29 is 9.29 Å². The van der Waals surface area contributed by atoms with Crippen LogP contribution in [0.2, 0.25) is 0 Å². The molecule has 4 rings (SSSR count). The van der Waals surface area contributed by atoms with Gasteiger partial charge in [-0.3, -0.25) is 4.40 Å². The van der Waals surface area contributed by atoms with Crippen molar-refractivity contribution in [1.82, 2.24) is 19.2 Å². The molecule has 6 nitrogen and oxygen atoms in total. The summed E-state index contributed by atoms with van der Waals surface area (Å²) in [5, 5.41) is 4.60. The van der Waals surface area contributed by atoms with Crippen LogP contribution in [0, 0.1) is 24.4 Å². The van der Waals surface area contributed by atoms with Crippen LogP contribution in [-0.2, 0) is 6.67 Å². The van der Waals surface area contributed by atoms with Crippen LogP contribution in [-0.4, -0.2) is 45.3 Å². The smallest absolute Gasteiger partial charge is 0.254 e. The average molecular weight is 373 g/mol. The van der Waals surface area contributed by atoms with E-state index in [1.165, 1.54) is 17.0 Å². The molecule has 0 saturated carbocycles. The Morgan fingerprint density at radius 1 is 1.15 bits per heavy atom. The molecule has 0 amide bonds. The number of hydrogen-bond donors (Lipinski definition) is 1. The first-order chi connectivity index (χ1) is 12.5. The number of aryl methyl sites for hydroxylation is 2. The van der Waals surface area contributed by atoms with E-state index in [0.29, 0.717) is 10.5 Å². The highest BCUT2D eigenvalue weighted by molar-refractivity contribution is 7.71. The van der Waals surface area contributed by atoms with Crippen LogP contribution in [0.25, 0.3) is 5.78 Å². The van der Waals surface area contributed by atoms with Crippen molar-refractivity contribution in [3.05, 3.63) is 52.3 Å². The molecule has 26 heavy (non-hydrogen) atoms. The van der Waals surface area contributed by atoms with Crippen molar-refractivity contribution in [1.29, 1.82) is 0 Å². The molecule has 1 aliphatic rings. The standard InChI is InChI=1S/C18H21FN6S/c1-13-11-14(2)25-17(20-13)21-24(18(25)26)12-22-7-9-23(10-8-22)16-5-3-15(19)4-6-16/h3-6,11H,7-10,12H2,1-2H3/p+1. The maximum Gasteiger partial charge on any atom is 0.254 e. The van der Waals surface area contributed by atoms with Gasteiger partial charge in [0.25, 0.3) is 5.78 Å². The molecule has 0 bridgehead atoms. The number of hydrogen-bond acceptors (Lipinski definition) is 4. The lowest BCUT2D eigenvalue weighted by atomic mass is 10.2. The van der Waals surface area contributed by atoms with Gasteiger partial charge in [0.1, 0.15) is 5.82 Å². The predicted octanol–water partition coefficient (Wildman–Crippen LogP) is 1.38. The third-order valence-corrected chi connectivity index (χ3v) is 5.30. The van der Waals surface area contributed by atoms with Crippen LogP contribution in [0.3, 0.4) is 0 Å². The second-order valence-corrected chi connectivity index (χ2v) is 7.19. The van der Waals surface area contributed by atoms with Gasteiger partial charge >= 0.3 is 0 Å². The van der Waals surface area contributed by atoms with E-state index in [0.717, 1.165) is 49.9 Å². The molecule has 2 aromatic heterocycles. The van der Waals surface area contributed by atoms with Gasteiger partial charge in [-0.25, -0.2) is 9.37 Å². The number of piperazine rings is 1. The third kappa shape index (κ3) is 3.22. The second-order valence-electron chi connectivity index (χ2n) is 6.83. The molecule has 8 heteroatoms. The van der Waals surface area contributed by atoms with Crippen LogP contribution in [0.1, 0.15) is 11.4 Å². The van der Waals surface area contributed by atoms with Crippen molar-refractivity contribution in [2.45, 2.75) is 20.5 Å². The van der Waals surface area contributed by atoms with E-state index in [-0.39, 0.29) is 5.82 Å². The number of quaternary nitrogens is 1. The maximum absolute atomic E-state index is 13.1. The van der Waals surface area contributed by atoms with Crippen LogP contribution in [0.5, 0.6) is 0 Å². The minimum Gasteiger partial charge on any atom is -0.360 e. The van der Waals surface area contributed by atoms with E-state index in [9.17, 15) is 4.39 Å². The Balaban J connectivity index is 1.47. The molecule has 1 fully saturated rings. The fraction of sp³-hybridized carbons (Fsp3) is 0.389. The Hall–Kier alpha value is -2.32. The average Bonchev–Trinajstić information content (AvgIpc) is 2.92. The Morgan fingerprint density at radius 3 is 2.54 bits per heavy atom. The van der Waals surface area contributed by atoms with E-state index in [1.807, 2.05) is 41.1 Å². The molecule has 136 valence electrons. The van der Waals surface area contributed by atoms with Crippen LogP contribution in [0.4, 0.5) is 10.1 Å². The van der Waals surface area contributed by atoms with E-state index in [1.54, 1.807) is 0 Å². The summed E-state index contributed by atoms with van der Waals surface area (Å²) in [5.41, 5.74) is 3.08. The Bertz CT molecular complexity index is 985. The first-order valence-electron chi connectivity index (χ1n) is 8.79. The molecule has 0 radical (unpaired) electrons. The summed E-state index contributed by atoms with van der Waals surface area (Å²) in [6.45, 7) is 8.55. The Morgan fingerprint density at radius 2 is 1.85 bits per heavy atom. The summed E-state index contributed by atoms with van der Waals surface area (Å²) in [4.78, 5) is 8.21. The van der Waals surface area contributed by atoms with E-state index in [4.69, 9.17) is 12.2 Å². The lowest BCUT2D eigenvalue weighted by molar-refractivity contribution is -0.924. The SMILES string of the molecule is Cc1cc(C)n2c(=S)n(C[NH+]3CCN(c4ccc(F)cc4)CC3)nc2n1. The zero-order chi connectivity index (χ0) is 18.3. The number of nitrogens with zero attached hydrogens (tertiary/aromatic N) is 5. The van der Waals surface area contributed by atoms with Crippen LogP contribution in [0.15, 0.2) is 30.3 Å². The van der Waals surface area contributed by atoms with Gasteiger partial charge < -0.3 is 9.80 Å². The van der Waals surface area contributed by atoms with Gasteiger partial charge in [-0.2, -0.15) is 4.68 Å². The largest absolute Gasteiger partial charge is 0.360 e. The van der Waals surface area contributed by atoms with Crippen molar-refractivity contribution >= 4 is 23.7 Å². The van der Waals surface area contributed by atoms with Gasteiger partial charge in [0.05, 0.1) is 26.2 Å². The molecular formula is C18H22FN6S+. The fourth-order valence-corrected chi connectivity index (χ4v) is 3.87. The molecular weight excluding hydrogens is 351 g/mol. The molecule has 0 atom stereocenters. The molecule has 3 aromatic rings. The number of halogens is 1. The van der Waals surface area contributed by atoms with Crippen LogP contribution < -0.4 is 9.80 Å². The summed E-state index contributed by atoms with van der Waals surface area (Å²) in [5.74, 6) is 0.468. The molecule has 0 unspecified atom stereocenters. The number of anilines is 1. The number of fused-ring (bicyclic) bond motifs is 1. The molecule has 0 aliphatic carbocycles. The summed E-state index contributed by atoms with van der Waals surface area (Å²) in [6, 6.07) is 8.73. The van der Waals surface area contributed by atoms with Gasteiger partial charge in [0, 0.05) is 17.1 Å². The first kappa shape index (κ1) is 17.1. The van der Waals surface area contributed by atoms with Gasteiger partial charge in [0.15, 0.2) is 6.67 Å². The Labute approximate surface area is 156 Å². The Kier molecular flexibility index (Phi) is 4.46.